The van der Waals surface area contributed by atoms with Crippen molar-refractivity contribution in [3.8, 4) is 28.7 Å². The molecule has 5 nitrogen and oxygen atoms in total. The topological polar surface area (TPSA) is 115 Å². The van der Waals surface area contributed by atoms with Gasteiger partial charge in [-0.2, -0.15) is 0 Å². The Morgan fingerprint density at radius 2 is 0.340 bits per heavy atom. The minimum atomic E-state index is 0. The fraction of sp³-hybridized carbons (Fsp3) is 0.250. The average Bonchev–Trinajstić information content (AvgIpc) is 3.00. The molecule has 5 rings (SSSR count). The molecule has 0 heterocycles. The summed E-state index contributed by atoms with van der Waals surface area (Å²) in [7, 11) is 0. The van der Waals surface area contributed by atoms with E-state index in [4.69, 9.17) is 0 Å². The first-order valence-electron chi connectivity index (χ1n) is 14.7. The Balaban J connectivity index is 0. The largest absolute Gasteiger partial charge is 4.00 e. The van der Waals surface area contributed by atoms with Crippen LogP contribution in [0.4, 0.5) is 0 Å². The predicted octanol–water partition coefficient (Wildman–Crippen LogP) is 3.89. The Kier molecular flexibility index (Phi) is 23.7. The van der Waals surface area contributed by atoms with Crippen molar-refractivity contribution in [1.29, 1.82) is 0 Å². The first-order chi connectivity index (χ1) is 21.1. The van der Waals surface area contributed by atoms with Gasteiger partial charge < -0.3 is 25.5 Å². The molecular weight excluding hydrogens is 694 g/mol. The second-order valence-electron chi connectivity index (χ2n) is 11.1. The predicted molar refractivity (Wildman–Crippen MR) is 177 cm³/mol. The van der Waals surface area contributed by atoms with E-state index in [9.17, 15) is 25.5 Å². The van der Waals surface area contributed by atoms with Crippen LogP contribution in [0.3, 0.4) is 0 Å². The Hall–Kier alpha value is -2.38. The third kappa shape index (κ3) is 16.5. The summed E-state index contributed by atoms with van der Waals surface area (Å²) in [6, 6.07) is 27.8. The summed E-state index contributed by atoms with van der Waals surface area (Å²) < 4.78 is 0. The van der Waals surface area contributed by atoms with Gasteiger partial charge in [0.1, 0.15) is 0 Å². The molecule has 0 bridgehead atoms. The van der Waals surface area contributed by atoms with Crippen LogP contribution < -0.4 is 83.7 Å². The Labute approximate surface area is 346 Å². The summed E-state index contributed by atoms with van der Waals surface area (Å²) in [5.41, 5.74) is 8.29. The molecule has 0 aliphatic heterocycles. The van der Waals surface area contributed by atoms with Crippen molar-refractivity contribution in [3.63, 3.8) is 0 Å². The standard InChI is InChI=1S/5C8H10O.Rb.Ti/c5*1-6-4-3-5-7(2)8(6)9;;/h5*3-5,9H,1-2H3;;/q;;;;;+1;+4/p-5. The van der Waals surface area contributed by atoms with E-state index < -0.39 is 0 Å². The van der Waals surface area contributed by atoms with E-state index in [0.29, 0.717) is 0 Å². The maximum absolute atomic E-state index is 11.0. The van der Waals surface area contributed by atoms with E-state index in [1.165, 1.54) is 0 Å². The van der Waals surface area contributed by atoms with Crippen LogP contribution in [0.2, 0.25) is 0 Å². The summed E-state index contributed by atoms with van der Waals surface area (Å²) in [4.78, 5) is 0. The van der Waals surface area contributed by atoms with E-state index in [0.717, 1.165) is 55.6 Å². The molecule has 0 radical (unpaired) electrons. The minimum Gasteiger partial charge on any atom is -0.872 e. The van der Waals surface area contributed by atoms with Crippen molar-refractivity contribution in [3.05, 3.63) is 147 Å². The molecule has 0 fully saturated rings. The number of aryl methyl sites for hydroxylation is 10. The van der Waals surface area contributed by atoms with Gasteiger partial charge in [-0.15, -0.1) is 28.7 Å². The molecule has 0 aliphatic rings. The quantitative estimate of drug-likeness (QED) is 0.224. The first kappa shape index (κ1) is 46.7. The van der Waals surface area contributed by atoms with Crippen LogP contribution in [-0.4, -0.2) is 0 Å². The third-order valence-electron chi connectivity index (χ3n) is 7.04. The van der Waals surface area contributed by atoms with Gasteiger partial charge in [-0.1, -0.05) is 147 Å². The molecule has 0 aliphatic carbocycles. The molecule has 47 heavy (non-hydrogen) atoms. The van der Waals surface area contributed by atoms with Crippen LogP contribution in [-0.2, 0) is 21.7 Å². The molecule has 5 aromatic rings. The maximum Gasteiger partial charge on any atom is 4.00 e. The number of benzene rings is 5. The number of para-hydroxylation sites is 5. The van der Waals surface area contributed by atoms with Gasteiger partial charge in [-0.05, 0) is 69.2 Å². The SMILES string of the molecule is Cc1cccc(C)c1[O-].Cc1cccc(C)c1[O-].Cc1cccc(C)c1[O-].Cc1cccc(C)c1[O-].Cc1cccc(C)c1[O-].[Rb+].[Ti+4]. The van der Waals surface area contributed by atoms with E-state index in [1.54, 1.807) is 0 Å². The molecule has 0 atom stereocenters. The van der Waals surface area contributed by atoms with E-state index >= 15 is 0 Å². The minimum absolute atomic E-state index is 0. The fourth-order valence-electron chi connectivity index (χ4n) is 4.00. The van der Waals surface area contributed by atoms with Gasteiger partial charge >= 0.3 is 79.9 Å². The third-order valence-corrected chi connectivity index (χ3v) is 7.04. The van der Waals surface area contributed by atoms with Crippen LogP contribution >= 0.6 is 0 Å². The van der Waals surface area contributed by atoms with Gasteiger partial charge in [0.15, 0.2) is 0 Å². The normalized spacial score (nSPS) is 9.15. The van der Waals surface area contributed by atoms with E-state index in [1.807, 2.05) is 160 Å². The number of hydrogen-bond acceptors (Lipinski definition) is 5. The molecule has 240 valence electrons. The zero-order valence-electron chi connectivity index (χ0n) is 29.7. The van der Waals surface area contributed by atoms with Crippen molar-refractivity contribution >= 4 is 0 Å². The van der Waals surface area contributed by atoms with Crippen molar-refractivity contribution in [1.82, 2.24) is 0 Å². The molecule has 0 saturated carbocycles. The smallest absolute Gasteiger partial charge is 0.872 e. The van der Waals surface area contributed by atoms with Crippen LogP contribution in [0.5, 0.6) is 28.7 Å². The van der Waals surface area contributed by atoms with Gasteiger partial charge in [-0.25, -0.2) is 0 Å². The van der Waals surface area contributed by atoms with Gasteiger partial charge in [-0.3, -0.25) is 0 Å². The maximum atomic E-state index is 11.0. The van der Waals surface area contributed by atoms with Crippen molar-refractivity contribution in [2.45, 2.75) is 69.2 Å². The molecule has 0 amide bonds. The Morgan fingerprint density at radius 1 is 0.255 bits per heavy atom. The summed E-state index contributed by atoms with van der Waals surface area (Å²) in [6.07, 6.45) is 0. The molecule has 7 heteroatoms. The van der Waals surface area contributed by atoms with Crippen molar-refractivity contribution < 1.29 is 105 Å². The number of hydrogen-bond donors (Lipinski definition) is 0. The van der Waals surface area contributed by atoms with Gasteiger partial charge in [0.2, 0.25) is 0 Å². The van der Waals surface area contributed by atoms with Crippen molar-refractivity contribution in [2.75, 3.05) is 0 Å². The van der Waals surface area contributed by atoms with Gasteiger partial charge in [0.05, 0.1) is 0 Å². The second kappa shape index (κ2) is 23.9. The summed E-state index contributed by atoms with van der Waals surface area (Å²) >= 11 is 0. The second-order valence-corrected chi connectivity index (χ2v) is 11.1. The summed E-state index contributed by atoms with van der Waals surface area (Å²) in [5, 5.41) is 54.8. The van der Waals surface area contributed by atoms with E-state index in [2.05, 4.69) is 0 Å². The summed E-state index contributed by atoms with van der Waals surface area (Å²) in [5.74, 6) is 0.822. The molecule has 5 aromatic carbocycles. The molecular formula is C40H45O5RbTi. The first-order valence-corrected chi connectivity index (χ1v) is 14.7. The molecule has 0 N–H and O–H groups in total. The van der Waals surface area contributed by atoms with Crippen molar-refractivity contribution in [2.24, 2.45) is 0 Å². The van der Waals surface area contributed by atoms with Gasteiger partial charge in [0.25, 0.3) is 0 Å². The fourth-order valence-corrected chi connectivity index (χ4v) is 4.00. The van der Waals surface area contributed by atoms with Crippen LogP contribution in [0.15, 0.2) is 91.0 Å². The zero-order valence-corrected chi connectivity index (χ0v) is 36.2. The van der Waals surface area contributed by atoms with Crippen LogP contribution in [0, 0.1) is 69.2 Å². The van der Waals surface area contributed by atoms with E-state index in [-0.39, 0.29) is 109 Å². The molecule has 0 spiro atoms. The Morgan fingerprint density at radius 3 is 0.404 bits per heavy atom. The Bertz CT molecular complexity index is 1280. The number of rotatable bonds is 0. The molecule has 0 saturated heterocycles. The molecule has 0 unspecified atom stereocenters. The van der Waals surface area contributed by atoms with Gasteiger partial charge in [0, 0.05) is 0 Å². The summed E-state index contributed by atoms with van der Waals surface area (Å²) in [6.45, 7) is 18.3. The average molecular weight is 739 g/mol. The zero-order chi connectivity index (χ0) is 34.3. The van der Waals surface area contributed by atoms with Crippen LogP contribution in [0.25, 0.3) is 0 Å². The van der Waals surface area contributed by atoms with Crippen LogP contribution in [0.1, 0.15) is 55.6 Å². The monoisotopic (exact) mass is 738 g/mol. The molecule has 0 aromatic heterocycles.